The normalized spacial score (nSPS) is 15.7. The van der Waals surface area contributed by atoms with Crippen molar-refractivity contribution in [3.63, 3.8) is 0 Å². The summed E-state index contributed by atoms with van der Waals surface area (Å²) in [4.78, 5) is 10.1. The van der Waals surface area contributed by atoms with Crippen molar-refractivity contribution in [2.45, 2.75) is 25.7 Å². The molecular formula is C18H17N7S. The molecule has 8 heteroatoms. The van der Waals surface area contributed by atoms with Crippen LogP contribution in [-0.4, -0.2) is 37.1 Å². The molecule has 0 unspecified atom stereocenters. The van der Waals surface area contributed by atoms with Gasteiger partial charge in [0, 0.05) is 23.9 Å². The Morgan fingerprint density at radius 2 is 2.08 bits per heavy atom. The Balaban J connectivity index is 1.55. The van der Waals surface area contributed by atoms with Crippen LogP contribution in [0.3, 0.4) is 0 Å². The molecule has 1 fully saturated rings. The summed E-state index contributed by atoms with van der Waals surface area (Å²) in [5.74, 6) is 0.518. The number of piperidine rings is 1. The van der Waals surface area contributed by atoms with Crippen molar-refractivity contribution < 1.29 is 0 Å². The van der Waals surface area contributed by atoms with Crippen LogP contribution < -0.4 is 5.32 Å². The molecule has 1 N–H and O–H groups in total. The van der Waals surface area contributed by atoms with Gasteiger partial charge >= 0.3 is 0 Å². The van der Waals surface area contributed by atoms with Crippen molar-refractivity contribution in [2.24, 2.45) is 0 Å². The first kappa shape index (κ1) is 15.5. The van der Waals surface area contributed by atoms with Gasteiger partial charge < -0.3 is 9.72 Å². The highest BCUT2D eigenvalue weighted by atomic mass is 32.1. The summed E-state index contributed by atoms with van der Waals surface area (Å²) < 4.78 is 3.76. The summed E-state index contributed by atoms with van der Waals surface area (Å²) in [6.45, 7) is 4.03. The minimum atomic E-state index is 0.518. The van der Waals surface area contributed by atoms with E-state index >= 15 is 0 Å². The van der Waals surface area contributed by atoms with Crippen LogP contribution in [0.1, 0.15) is 35.7 Å². The molecule has 1 saturated heterocycles. The average molecular weight is 363 g/mol. The van der Waals surface area contributed by atoms with E-state index in [0.717, 1.165) is 52.9 Å². The minimum absolute atomic E-state index is 0.518. The number of fused-ring (bicyclic) bond motifs is 2. The number of hydrogen-bond donors (Lipinski definition) is 1. The molecule has 4 aromatic rings. The summed E-state index contributed by atoms with van der Waals surface area (Å²) in [6, 6.07) is 4.09. The van der Waals surface area contributed by atoms with E-state index in [-0.39, 0.29) is 0 Å². The monoisotopic (exact) mass is 363 g/mol. The maximum absolute atomic E-state index is 9.45. The topological polar surface area (TPSA) is 83.3 Å². The molecule has 0 spiro atoms. The van der Waals surface area contributed by atoms with Crippen LogP contribution in [-0.2, 0) is 0 Å². The smallest absolute Gasteiger partial charge is 0.212 e. The number of nitrogens with zero attached hydrogens (tertiary/aromatic N) is 6. The number of aryl methyl sites for hydroxylation is 1. The van der Waals surface area contributed by atoms with Gasteiger partial charge in [0.2, 0.25) is 4.96 Å². The second-order valence-corrected chi connectivity index (χ2v) is 7.65. The highest BCUT2D eigenvalue weighted by Crippen LogP contribution is 2.30. The molecule has 0 radical (unpaired) electrons. The Labute approximate surface area is 153 Å². The number of imidazole rings is 2. The van der Waals surface area contributed by atoms with Crippen LogP contribution in [0.4, 0.5) is 0 Å². The third kappa shape index (κ3) is 2.48. The number of pyridine rings is 1. The number of nitrogens with one attached hydrogen (secondary N) is 1. The van der Waals surface area contributed by atoms with Crippen molar-refractivity contribution in [1.29, 1.82) is 5.26 Å². The molecule has 130 valence electrons. The lowest BCUT2D eigenvalue weighted by molar-refractivity contribution is 0.454. The first-order chi connectivity index (χ1) is 12.7. The quantitative estimate of drug-likeness (QED) is 0.592. The van der Waals surface area contributed by atoms with E-state index in [4.69, 9.17) is 10.1 Å². The zero-order valence-electron chi connectivity index (χ0n) is 14.3. The third-order valence-corrected chi connectivity index (χ3v) is 5.83. The summed E-state index contributed by atoms with van der Waals surface area (Å²) in [7, 11) is 0. The highest BCUT2D eigenvalue weighted by molar-refractivity contribution is 7.19. The Hall–Kier alpha value is -2.76. The maximum atomic E-state index is 9.45. The number of hydrogen-bond acceptors (Lipinski definition) is 6. The molecular weight excluding hydrogens is 346 g/mol. The standard InChI is InChI=1S/C18H17N7S/c1-11-8-24-9-14(6-13(7-19)16(24)21-11)17-23-25-10-15(22-18(25)26-17)12-2-4-20-5-3-12/h6,8-10,12,20H,2-5H2,1H3. The van der Waals surface area contributed by atoms with Gasteiger partial charge in [-0.1, -0.05) is 11.3 Å². The van der Waals surface area contributed by atoms with Crippen LogP contribution in [0.15, 0.2) is 24.7 Å². The van der Waals surface area contributed by atoms with Crippen LogP contribution in [0, 0.1) is 18.3 Å². The predicted molar refractivity (Wildman–Crippen MR) is 99.3 cm³/mol. The maximum Gasteiger partial charge on any atom is 0.212 e. The van der Waals surface area contributed by atoms with Crippen molar-refractivity contribution in [3.8, 4) is 16.6 Å². The fourth-order valence-electron chi connectivity index (χ4n) is 3.57. The second-order valence-electron chi connectivity index (χ2n) is 6.69. The first-order valence-electron chi connectivity index (χ1n) is 8.68. The second kappa shape index (κ2) is 5.90. The SMILES string of the molecule is Cc1cn2cc(-c3nn4cc(C5CCNCC5)nc4s3)cc(C#N)c2n1. The van der Waals surface area contributed by atoms with Gasteiger partial charge in [-0.3, -0.25) is 0 Å². The lowest BCUT2D eigenvalue weighted by Gasteiger charge is -2.20. The lowest BCUT2D eigenvalue weighted by Crippen LogP contribution is -2.26. The van der Waals surface area contributed by atoms with Crippen molar-refractivity contribution in [1.82, 2.24) is 29.3 Å². The Morgan fingerprint density at radius 1 is 1.23 bits per heavy atom. The van der Waals surface area contributed by atoms with Crippen LogP contribution in [0.5, 0.6) is 0 Å². The highest BCUT2D eigenvalue weighted by Gasteiger charge is 2.20. The van der Waals surface area contributed by atoms with Gasteiger partial charge in [-0.2, -0.15) is 10.4 Å². The van der Waals surface area contributed by atoms with Crippen molar-refractivity contribution in [3.05, 3.63) is 41.6 Å². The zero-order chi connectivity index (χ0) is 17.7. The van der Waals surface area contributed by atoms with E-state index in [1.807, 2.05) is 34.3 Å². The van der Waals surface area contributed by atoms with Crippen LogP contribution >= 0.6 is 11.3 Å². The lowest BCUT2D eigenvalue weighted by atomic mass is 9.95. The number of nitriles is 1. The molecule has 1 aliphatic rings. The van der Waals surface area contributed by atoms with Gasteiger partial charge in [0.25, 0.3) is 0 Å². The molecule has 5 heterocycles. The number of aromatic nitrogens is 5. The average Bonchev–Trinajstić information content (AvgIpc) is 3.33. The van der Waals surface area contributed by atoms with E-state index in [9.17, 15) is 5.26 Å². The molecule has 1 aliphatic heterocycles. The van der Waals surface area contributed by atoms with Gasteiger partial charge in [-0.05, 0) is 38.9 Å². The predicted octanol–water partition coefficient (Wildman–Crippen LogP) is 2.75. The van der Waals surface area contributed by atoms with E-state index in [2.05, 4.69) is 22.6 Å². The van der Waals surface area contributed by atoms with Crippen molar-refractivity contribution >= 4 is 21.9 Å². The Morgan fingerprint density at radius 3 is 2.85 bits per heavy atom. The summed E-state index contributed by atoms with van der Waals surface area (Å²) in [5.41, 5.74) is 4.17. The molecule has 7 nitrogen and oxygen atoms in total. The van der Waals surface area contributed by atoms with Crippen molar-refractivity contribution in [2.75, 3.05) is 13.1 Å². The van der Waals surface area contributed by atoms with E-state index < -0.39 is 0 Å². The van der Waals surface area contributed by atoms with Gasteiger partial charge in [0.15, 0.2) is 5.65 Å². The van der Waals surface area contributed by atoms with E-state index in [1.165, 1.54) is 0 Å². The van der Waals surface area contributed by atoms with E-state index in [0.29, 0.717) is 17.1 Å². The molecule has 5 rings (SSSR count). The molecule has 4 aromatic heterocycles. The Kier molecular flexibility index (Phi) is 3.51. The van der Waals surface area contributed by atoms with Crippen LogP contribution in [0.25, 0.3) is 21.2 Å². The molecule has 0 bridgehead atoms. The summed E-state index contributed by atoms with van der Waals surface area (Å²) >= 11 is 1.55. The van der Waals surface area contributed by atoms with Gasteiger partial charge in [-0.15, -0.1) is 0 Å². The fraction of sp³-hybridized carbons (Fsp3) is 0.333. The third-order valence-electron chi connectivity index (χ3n) is 4.86. The molecule has 0 aromatic carbocycles. The van der Waals surface area contributed by atoms with Gasteiger partial charge in [0.05, 0.1) is 23.1 Å². The fourth-order valence-corrected chi connectivity index (χ4v) is 4.44. The zero-order valence-corrected chi connectivity index (χ0v) is 15.1. The Bertz CT molecular complexity index is 1120. The molecule has 0 atom stereocenters. The van der Waals surface area contributed by atoms with Gasteiger partial charge in [0.1, 0.15) is 11.1 Å². The first-order valence-corrected chi connectivity index (χ1v) is 9.49. The van der Waals surface area contributed by atoms with E-state index in [1.54, 1.807) is 11.3 Å². The van der Waals surface area contributed by atoms with Crippen LogP contribution in [0.2, 0.25) is 0 Å². The molecule has 26 heavy (non-hydrogen) atoms. The minimum Gasteiger partial charge on any atom is -0.317 e. The summed E-state index contributed by atoms with van der Waals surface area (Å²) in [6.07, 6.45) is 8.20. The molecule has 0 amide bonds. The largest absolute Gasteiger partial charge is 0.317 e. The van der Waals surface area contributed by atoms with Gasteiger partial charge in [-0.25, -0.2) is 14.5 Å². The molecule has 0 saturated carbocycles. The summed E-state index contributed by atoms with van der Waals surface area (Å²) in [5, 5.41) is 18.4. The number of rotatable bonds is 2. The molecule has 0 aliphatic carbocycles.